The number of hydrogen-bond acceptors (Lipinski definition) is 1. The van der Waals surface area contributed by atoms with Crippen LogP contribution in [0.25, 0.3) is 0 Å². The summed E-state index contributed by atoms with van der Waals surface area (Å²) in [6.45, 7) is 4.37. The zero-order chi connectivity index (χ0) is 13.4. The van der Waals surface area contributed by atoms with E-state index >= 15 is 0 Å². The molecule has 1 N–H and O–H groups in total. The molecule has 1 rings (SSSR count). The van der Waals surface area contributed by atoms with E-state index in [1.54, 1.807) is 0 Å². The summed E-state index contributed by atoms with van der Waals surface area (Å²) in [7, 11) is 0. The first kappa shape index (κ1) is 14.7. The third-order valence-corrected chi connectivity index (χ3v) is 3.79. The van der Waals surface area contributed by atoms with Gasteiger partial charge in [0.2, 0.25) is 0 Å². The summed E-state index contributed by atoms with van der Waals surface area (Å²) in [6.07, 6.45) is 4.35. The molecule has 0 radical (unpaired) electrons. The molecule has 0 saturated carbocycles. The molecule has 100 valence electrons. The number of carbonyl (C=O) groups is 1. The van der Waals surface area contributed by atoms with Crippen LogP contribution in [0.5, 0.6) is 0 Å². The largest absolute Gasteiger partial charge is 0.481 e. The van der Waals surface area contributed by atoms with Gasteiger partial charge in [-0.1, -0.05) is 57.0 Å². The Bertz CT molecular complexity index is 345. The van der Waals surface area contributed by atoms with E-state index in [9.17, 15) is 4.79 Å². The van der Waals surface area contributed by atoms with Crippen LogP contribution < -0.4 is 0 Å². The maximum Gasteiger partial charge on any atom is 0.303 e. The number of hydrogen-bond donors (Lipinski definition) is 1. The zero-order valence-corrected chi connectivity index (χ0v) is 11.4. The second kappa shape index (κ2) is 7.91. The van der Waals surface area contributed by atoms with Crippen LogP contribution in [0.4, 0.5) is 0 Å². The molecule has 0 amide bonds. The molecule has 0 bridgehead atoms. The fourth-order valence-corrected chi connectivity index (χ4v) is 2.64. The molecule has 0 aliphatic heterocycles. The standard InChI is InChI=1S/C16H24O2/c1-3-14(10-11-16(17)18)15(4-2)12-13-8-6-5-7-9-13/h5-9,14-15H,3-4,10-12H2,1-2H3,(H,17,18). The van der Waals surface area contributed by atoms with Crippen LogP contribution >= 0.6 is 0 Å². The summed E-state index contributed by atoms with van der Waals surface area (Å²) >= 11 is 0. The van der Waals surface area contributed by atoms with Crippen LogP contribution in [0.3, 0.4) is 0 Å². The number of rotatable bonds is 8. The lowest BCUT2D eigenvalue weighted by Crippen LogP contribution is -2.17. The van der Waals surface area contributed by atoms with Gasteiger partial charge in [-0.05, 0) is 30.2 Å². The van der Waals surface area contributed by atoms with Crippen molar-refractivity contribution >= 4 is 5.97 Å². The summed E-state index contributed by atoms with van der Waals surface area (Å²) in [5.74, 6) is 0.436. The van der Waals surface area contributed by atoms with E-state index in [-0.39, 0.29) is 0 Å². The molecule has 0 fully saturated rings. The van der Waals surface area contributed by atoms with Crippen LogP contribution in [0.15, 0.2) is 30.3 Å². The highest BCUT2D eigenvalue weighted by Crippen LogP contribution is 2.27. The Morgan fingerprint density at radius 2 is 1.72 bits per heavy atom. The Hall–Kier alpha value is -1.31. The molecule has 2 unspecified atom stereocenters. The summed E-state index contributed by atoms with van der Waals surface area (Å²) in [5.41, 5.74) is 1.36. The van der Waals surface area contributed by atoms with Crippen molar-refractivity contribution in [3.8, 4) is 0 Å². The smallest absolute Gasteiger partial charge is 0.303 e. The third kappa shape index (κ3) is 4.91. The molecule has 0 aliphatic rings. The molecule has 0 aromatic heterocycles. The fraction of sp³-hybridized carbons (Fsp3) is 0.562. The van der Waals surface area contributed by atoms with Gasteiger partial charge in [-0.2, -0.15) is 0 Å². The molecule has 2 nitrogen and oxygen atoms in total. The molecule has 1 aromatic carbocycles. The van der Waals surface area contributed by atoms with Crippen molar-refractivity contribution in [3.63, 3.8) is 0 Å². The van der Waals surface area contributed by atoms with E-state index in [0.717, 1.165) is 25.7 Å². The molecule has 2 heteroatoms. The predicted molar refractivity (Wildman–Crippen MR) is 74.6 cm³/mol. The van der Waals surface area contributed by atoms with E-state index in [1.807, 2.05) is 6.07 Å². The monoisotopic (exact) mass is 248 g/mol. The highest BCUT2D eigenvalue weighted by Gasteiger charge is 2.19. The molecule has 18 heavy (non-hydrogen) atoms. The average Bonchev–Trinajstić information content (AvgIpc) is 2.38. The Labute approximate surface area is 110 Å². The quantitative estimate of drug-likeness (QED) is 0.750. The lowest BCUT2D eigenvalue weighted by atomic mass is 9.80. The molecule has 0 spiro atoms. The minimum absolute atomic E-state index is 0.295. The van der Waals surface area contributed by atoms with Crippen LogP contribution in [-0.2, 0) is 11.2 Å². The van der Waals surface area contributed by atoms with Crippen LogP contribution in [0.2, 0.25) is 0 Å². The van der Waals surface area contributed by atoms with Crippen molar-refractivity contribution in [2.24, 2.45) is 11.8 Å². The molecule has 0 saturated heterocycles. The summed E-state index contributed by atoms with van der Waals surface area (Å²) in [5, 5.41) is 8.80. The molecule has 0 heterocycles. The van der Waals surface area contributed by atoms with Crippen molar-refractivity contribution in [3.05, 3.63) is 35.9 Å². The average molecular weight is 248 g/mol. The summed E-state index contributed by atoms with van der Waals surface area (Å²) in [4.78, 5) is 10.7. The number of carboxylic acid groups (broad SMARTS) is 1. The first-order valence-electron chi connectivity index (χ1n) is 6.93. The van der Waals surface area contributed by atoms with Gasteiger partial charge in [0, 0.05) is 6.42 Å². The van der Waals surface area contributed by atoms with Crippen LogP contribution in [0, 0.1) is 11.8 Å². The molecule has 2 atom stereocenters. The van der Waals surface area contributed by atoms with E-state index < -0.39 is 5.97 Å². The number of carboxylic acids is 1. The van der Waals surface area contributed by atoms with Gasteiger partial charge in [0.05, 0.1) is 0 Å². The van der Waals surface area contributed by atoms with Crippen molar-refractivity contribution < 1.29 is 9.90 Å². The Kier molecular flexibility index (Phi) is 6.48. The number of benzene rings is 1. The second-order valence-corrected chi connectivity index (χ2v) is 4.96. The second-order valence-electron chi connectivity index (χ2n) is 4.96. The third-order valence-electron chi connectivity index (χ3n) is 3.79. The van der Waals surface area contributed by atoms with Gasteiger partial charge in [0.15, 0.2) is 0 Å². The van der Waals surface area contributed by atoms with Gasteiger partial charge in [-0.3, -0.25) is 4.79 Å². The van der Waals surface area contributed by atoms with Crippen molar-refractivity contribution in [1.29, 1.82) is 0 Å². The van der Waals surface area contributed by atoms with Crippen molar-refractivity contribution in [1.82, 2.24) is 0 Å². The van der Waals surface area contributed by atoms with Gasteiger partial charge in [-0.15, -0.1) is 0 Å². The normalized spacial score (nSPS) is 14.1. The first-order valence-corrected chi connectivity index (χ1v) is 6.93. The van der Waals surface area contributed by atoms with Crippen molar-refractivity contribution in [2.75, 3.05) is 0 Å². The van der Waals surface area contributed by atoms with Crippen molar-refractivity contribution in [2.45, 2.75) is 46.0 Å². The SMILES string of the molecule is CCC(CCC(=O)O)C(CC)Cc1ccccc1. The Morgan fingerprint density at radius 1 is 1.11 bits per heavy atom. The number of aliphatic carboxylic acids is 1. The summed E-state index contributed by atoms with van der Waals surface area (Å²) in [6, 6.07) is 10.5. The van der Waals surface area contributed by atoms with Gasteiger partial charge >= 0.3 is 5.97 Å². The van der Waals surface area contributed by atoms with Gasteiger partial charge in [-0.25, -0.2) is 0 Å². The van der Waals surface area contributed by atoms with E-state index in [0.29, 0.717) is 18.3 Å². The fourth-order valence-electron chi connectivity index (χ4n) is 2.64. The van der Waals surface area contributed by atoms with E-state index in [4.69, 9.17) is 5.11 Å². The molecular weight excluding hydrogens is 224 g/mol. The minimum atomic E-state index is -0.678. The maximum atomic E-state index is 10.7. The molecule has 1 aromatic rings. The van der Waals surface area contributed by atoms with E-state index in [1.165, 1.54) is 5.56 Å². The molecule has 0 aliphatic carbocycles. The van der Waals surface area contributed by atoms with Crippen LogP contribution in [-0.4, -0.2) is 11.1 Å². The topological polar surface area (TPSA) is 37.3 Å². The highest BCUT2D eigenvalue weighted by atomic mass is 16.4. The van der Waals surface area contributed by atoms with Gasteiger partial charge < -0.3 is 5.11 Å². The lowest BCUT2D eigenvalue weighted by molar-refractivity contribution is -0.137. The minimum Gasteiger partial charge on any atom is -0.481 e. The van der Waals surface area contributed by atoms with Gasteiger partial charge in [0.25, 0.3) is 0 Å². The Balaban J connectivity index is 2.59. The molecular formula is C16H24O2. The lowest BCUT2D eigenvalue weighted by Gasteiger charge is -2.25. The van der Waals surface area contributed by atoms with Crippen LogP contribution in [0.1, 0.15) is 45.1 Å². The highest BCUT2D eigenvalue weighted by molar-refractivity contribution is 5.66. The predicted octanol–water partition coefficient (Wildman–Crippen LogP) is 4.15. The first-order chi connectivity index (χ1) is 8.67. The van der Waals surface area contributed by atoms with E-state index in [2.05, 4.69) is 38.1 Å². The van der Waals surface area contributed by atoms with Gasteiger partial charge in [0.1, 0.15) is 0 Å². The Morgan fingerprint density at radius 3 is 2.22 bits per heavy atom. The maximum absolute atomic E-state index is 10.7. The zero-order valence-electron chi connectivity index (χ0n) is 11.4. The summed E-state index contributed by atoms with van der Waals surface area (Å²) < 4.78 is 0.